The summed E-state index contributed by atoms with van der Waals surface area (Å²) in [5.74, 6) is 1.39. The lowest BCUT2D eigenvalue weighted by Crippen LogP contribution is -2.15. The van der Waals surface area contributed by atoms with Crippen LogP contribution in [0, 0.1) is 12.3 Å². The molecule has 0 aromatic carbocycles. The van der Waals surface area contributed by atoms with Crippen molar-refractivity contribution < 1.29 is 62.0 Å². The molecule has 0 aromatic rings. The van der Waals surface area contributed by atoms with Gasteiger partial charge in [0.15, 0.2) is 0 Å². The van der Waals surface area contributed by atoms with Crippen molar-refractivity contribution in [1.29, 1.82) is 0 Å². The number of carbonyl (C=O) groups is 1. The van der Waals surface area contributed by atoms with E-state index in [9.17, 15) is 4.79 Å². The predicted octanol–water partition coefficient (Wildman–Crippen LogP) is -0.113. The molecule has 0 bridgehead atoms. The van der Waals surface area contributed by atoms with E-state index in [2.05, 4.69) is 5.92 Å². The highest BCUT2D eigenvalue weighted by molar-refractivity contribution is 5.67. The van der Waals surface area contributed by atoms with Gasteiger partial charge in [-0.25, -0.2) is 4.79 Å². The van der Waals surface area contributed by atoms with Gasteiger partial charge in [-0.3, -0.25) is 0 Å². The van der Waals surface area contributed by atoms with Gasteiger partial charge in [-0.05, 0) is 0 Å². The quantitative estimate of drug-likeness (QED) is 0.0853. The van der Waals surface area contributed by atoms with E-state index in [0.717, 1.165) is 0 Å². The highest BCUT2D eigenvalue weighted by Gasteiger charge is 1.97. The Labute approximate surface area is 226 Å². The number of carboxylic acid groups (broad SMARTS) is 1. The smallest absolute Gasteiger partial charge is 0.329 e. The Balaban J connectivity index is 3.03. The third kappa shape index (κ3) is 34.6. The van der Waals surface area contributed by atoms with Gasteiger partial charge in [0.1, 0.15) is 13.2 Å². The van der Waals surface area contributed by atoms with Crippen LogP contribution < -0.4 is 0 Å². The molecule has 0 unspecified atom stereocenters. The molecule has 13 heteroatoms. The van der Waals surface area contributed by atoms with Crippen LogP contribution in [0.25, 0.3) is 0 Å². The van der Waals surface area contributed by atoms with Crippen LogP contribution in [0.2, 0.25) is 0 Å². The molecule has 0 rings (SSSR count). The number of hydrogen-bond acceptors (Lipinski definition) is 12. The standard InChI is InChI=1S/C25H46O13/c1-2-3-28-4-5-29-6-7-30-8-9-31-10-11-32-12-13-33-14-15-34-16-17-35-18-19-36-20-21-37-22-23-38-24-25(26)27/h1H,3-24H2,(H,26,27). The van der Waals surface area contributed by atoms with Crippen LogP contribution in [0.1, 0.15) is 0 Å². The maximum absolute atomic E-state index is 10.2. The number of ether oxygens (including phenoxy) is 11. The van der Waals surface area contributed by atoms with Crippen LogP contribution in [0.15, 0.2) is 0 Å². The molecule has 13 nitrogen and oxygen atoms in total. The van der Waals surface area contributed by atoms with Crippen LogP contribution in [0.4, 0.5) is 0 Å². The molecule has 0 saturated carbocycles. The Hall–Kier alpha value is -1.41. The van der Waals surface area contributed by atoms with E-state index >= 15 is 0 Å². The largest absolute Gasteiger partial charge is 0.480 e. The second-order valence-electron chi connectivity index (χ2n) is 7.21. The zero-order valence-corrected chi connectivity index (χ0v) is 22.5. The van der Waals surface area contributed by atoms with Crippen molar-refractivity contribution >= 4 is 5.97 Å². The summed E-state index contributed by atoms with van der Waals surface area (Å²) in [5.41, 5.74) is 0. The van der Waals surface area contributed by atoms with E-state index < -0.39 is 5.97 Å². The Morgan fingerprint density at radius 1 is 0.421 bits per heavy atom. The highest BCUT2D eigenvalue weighted by Crippen LogP contribution is 1.87. The Bertz CT molecular complexity index is 516. The Kier molecular flexibility index (Phi) is 32.4. The molecule has 0 spiro atoms. The fraction of sp³-hybridized carbons (Fsp3) is 0.880. The molecule has 0 heterocycles. The van der Waals surface area contributed by atoms with Crippen LogP contribution in [-0.2, 0) is 56.9 Å². The first-order valence-electron chi connectivity index (χ1n) is 12.8. The van der Waals surface area contributed by atoms with Gasteiger partial charge in [-0.2, -0.15) is 0 Å². The van der Waals surface area contributed by atoms with E-state index in [-0.39, 0.29) is 13.2 Å². The average Bonchev–Trinajstić information content (AvgIpc) is 2.91. The second-order valence-corrected chi connectivity index (χ2v) is 7.21. The van der Waals surface area contributed by atoms with Crippen molar-refractivity contribution in [2.24, 2.45) is 0 Å². The van der Waals surface area contributed by atoms with Gasteiger partial charge < -0.3 is 57.2 Å². The minimum Gasteiger partial charge on any atom is -0.480 e. The third-order valence-corrected chi connectivity index (χ3v) is 4.13. The first kappa shape index (κ1) is 36.6. The van der Waals surface area contributed by atoms with Crippen LogP contribution >= 0.6 is 0 Å². The first-order chi connectivity index (χ1) is 18.8. The van der Waals surface area contributed by atoms with Gasteiger partial charge in [0.05, 0.1) is 132 Å². The minimum absolute atomic E-state index is 0.242. The lowest BCUT2D eigenvalue weighted by Gasteiger charge is -2.09. The van der Waals surface area contributed by atoms with Crippen molar-refractivity contribution in [2.75, 3.05) is 145 Å². The summed E-state index contributed by atoms with van der Waals surface area (Å²) >= 11 is 0. The number of rotatable bonds is 33. The fourth-order valence-corrected chi connectivity index (χ4v) is 2.39. The number of terminal acetylenes is 1. The first-order valence-corrected chi connectivity index (χ1v) is 12.8. The average molecular weight is 555 g/mol. The Morgan fingerprint density at radius 2 is 0.632 bits per heavy atom. The summed E-state index contributed by atoms with van der Waals surface area (Å²) < 4.78 is 58.3. The topological polar surface area (TPSA) is 139 Å². The molecular weight excluding hydrogens is 508 g/mol. The summed E-state index contributed by atoms with van der Waals surface area (Å²) in [6, 6.07) is 0. The summed E-state index contributed by atoms with van der Waals surface area (Å²) in [6.45, 7) is 9.26. The summed E-state index contributed by atoms with van der Waals surface area (Å²) in [7, 11) is 0. The Morgan fingerprint density at radius 3 is 0.842 bits per heavy atom. The molecule has 0 radical (unpaired) electrons. The van der Waals surface area contributed by atoms with Crippen molar-refractivity contribution in [2.45, 2.75) is 0 Å². The summed E-state index contributed by atoms with van der Waals surface area (Å²) in [6.07, 6.45) is 5.07. The van der Waals surface area contributed by atoms with E-state index in [4.69, 9.17) is 63.6 Å². The highest BCUT2D eigenvalue weighted by atomic mass is 16.6. The minimum atomic E-state index is -0.996. The number of hydrogen-bond donors (Lipinski definition) is 1. The molecule has 224 valence electrons. The van der Waals surface area contributed by atoms with Crippen LogP contribution in [-0.4, -0.2) is 156 Å². The number of aliphatic carboxylic acids is 1. The van der Waals surface area contributed by atoms with Gasteiger partial charge in [0.2, 0.25) is 0 Å². The molecule has 0 atom stereocenters. The molecule has 0 aliphatic rings. The molecule has 0 saturated heterocycles. The van der Waals surface area contributed by atoms with Gasteiger partial charge in [0.25, 0.3) is 0 Å². The molecule has 0 aliphatic carbocycles. The van der Waals surface area contributed by atoms with Crippen molar-refractivity contribution in [3.8, 4) is 12.3 Å². The van der Waals surface area contributed by atoms with Crippen molar-refractivity contribution in [3.05, 3.63) is 0 Å². The van der Waals surface area contributed by atoms with Gasteiger partial charge >= 0.3 is 5.97 Å². The van der Waals surface area contributed by atoms with Gasteiger partial charge in [0, 0.05) is 0 Å². The molecular formula is C25H46O13. The zero-order valence-electron chi connectivity index (χ0n) is 22.5. The predicted molar refractivity (Wildman–Crippen MR) is 135 cm³/mol. The van der Waals surface area contributed by atoms with E-state index in [1.165, 1.54) is 0 Å². The molecule has 0 amide bonds. The molecule has 1 N–H and O–H groups in total. The van der Waals surface area contributed by atoms with Gasteiger partial charge in [-0.15, -0.1) is 6.42 Å². The third-order valence-electron chi connectivity index (χ3n) is 4.13. The normalized spacial score (nSPS) is 11.1. The van der Waals surface area contributed by atoms with E-state index in [1.807, 2.05) is 0 Å². The summed E-state index contributed by atoms with van der Waals surface area (Å²) in [5, 5.41) is 8.40. The van der Waals surface area contributed by atoms with E-state index in [0.29, 0.717) is 132 Å². The second kappa shape index (κ2) is 33.6. The maximum Gasteiger partial charge on any atom is 0.329 e. The summed E-state index contributed by atoms with van der Waals surface area (Å²) in [4.78, 5) is 10.2. The van der Waals surface area contributed by atoms with Gasteiger partial charge in [-0.1, -0.05) is 5.92 Å². The van der Waals surface area contributed by atoms with Crippen molar-refractivity contribution in [3.63, 3.8) is 0 Å². The van der Waals surface area contributed by atoms with Crippen molar-refractivity contribution in [1.82, 2.24) is 0 Å². The zero-order chi connectivity index (χ0) is 27.6. The molecule has 0 aliphatic heterocycles. The number of carboxylic acids is 1. The fourth-order valence-electron chi connectivity index (χ4n) is 2.39. The maximum atomic E-state index is 10.2. The SMILES string of the molecule is C#CCOCCOCCOCCOCCOCCOCCOCCOCCOCCOCCOCC(=O)O. The monoisotopic (exact) mass is 554 g/mol. The molecule has 38 heavy (non-hydrogen) atoms. The molecule has 0 aromatic heterocycles. The lowest BCUT2D eigenvalue weighted by atomic mass is 10.6. The van der Waals surface area contributed by atoms with Crippen LogP contribution in [0.3, 0.4) is 0 Å². The van der Waals surface area contributed by atoms with Crippen LogP contribution in [0.5, 0.6) is 0 Å². The lowest BCUT2D eigenvalue weighted by molar-refractivity contribution is -0.142. The van der Waals surface area contributed by atoms with E-state index in [1.54, 1.807) is 0 Å². The molecule has 0 fully saturated rings.